The number of imidazole rings is 1. The van der Waals surface area contributed by atoms with E-state index in [0.717, 1.165) is 18.4 Å². The molecule has 2 atom stereocenters. The summed E-state index contributed by atoms with van der Waals surface area (Å²) in [5, 5.41) is 6.10. The number of nitrogens with zero attached hydrogens (tertiary/aromatic N) is 2. The van der Waals surface area contributed by atoms with Crippen LogP contribution in [0.15, 0.2) is 61.2 Å². The molecule has 7 heteroatoms. The second-order valence-electron chi connectivity index (χ2n) is 7.25. The first kappa shape index (κ1) is 17.6. The molecule has 1 aromatic heterocycles. The van der Waals surface area contributed by atoms with Crippen LogP contribution in [0, 0.1) is 0 Å². The minimum atomic E-state index is -0.256. The Bertz CT molecular complexity index is 1020. The van der Waals surface area contributed by atoms with Crippen LogP contribution in [0.5, 0.6) is 11.5 Å². The van der Waals surface area contributed by atoms with E-state index in [0.29, 0.717) is 30.4 Å². The van der Waals surface area contributed by atoms with Gasteiger partial charge in [0, 0.05) is 24.1 Å². The Hall–Kier alpha value is -3.48. The van der Waals surface area contributed by atoms with Crippen LogP contribution in [0.25, 0.3) is 0 Å². The summed E-state index contributed by atoms with van der Waals surface area (Å²) < 4.78 is 13.2. The van der Waals surface area contributed by atoms with Crippen LogP contribution >= 0.6 is 0 Å². The van der Waals surface area contributed by atoms with Crippen molar-refractivity contribution in [2.75, 3.05) is 18.5 Å². The third kappa shape index (κ3) is 3.51. The van der Waals surface area contributed by atoms with Crippen LogP contribution in [-0.4, -0.2) is 28.8 Å². The van der Waals surface area contributed by atoms with Gasteiger partial charge in [0.25, 0.3) is 0 Å². The molecule has 0 saturated carbocycles. The molecule has 29 heavy (non-hydrogen) atoms. The lowest BCUT2D eigenvalue weighted by atomic mass is 9.84. The zero-order valence-corrected chi connectivity index (χ0v) is 15.9. The van der Waals surface area contributed by atoms with Crippen LogP contribution in [0.1, 0.15) is 29.6 Å². The van der Waals surface area contributed by atoms with E-state index in [-0.39, 0.29) is 18.1 Å². The Morgan fingerprint density at radius 2 is 1.97 bits per heavy atom. The maximum atomic E-state index is 12.9. The van der Waals surface area contributed by atoms with Crippen LogP contribution in [0.4, 0.5) is 10.5 Å². The minimum absolute atomic E-state index is 0.110. The highest BCUT2D eigenvalue weighted by Crippen LogP contribution is 2.38. The Kier molecular flexibility index (Phi) is 4.56. The fourth-order valence-corrected chi connectivity index (χ4v) is 4.13. The first-order valence-electron chi connectivity index (χ1n) is 9.80. The summed E-state index contributed by atoms with van der Waals surface area (Å²) in [5.41, 5.74) is 3.08. The van der Waals surface area contributed by atoms with Crippen molar-refractivity contribution in [3.8, 4) is 11.5 Å². The summed E-state index contributed by atoms with van der Waals surface area (Å²) in [7, 11) is 0. The van der Waals surface area contributed by atoms with Crippen molar-refractivity contribution in [3.05, 3.63) is 72.3 Å². The Balaban J connectivity index is 1.37. The van der Waals surface area contributed by atoms with Crippen molar-refractivity contribution >= 4 is 11.7 Å². The normalized spacial score (nSPS) is 19.9. The number of benzene rings is 2. The summed E-state index contributed by atoms with van der Waals surface area (Å²) >= 11 is 0. The monoisotopic (exact) mass is 390 g/mol. The smallest absolute Gasteiger partial charge is 0.319 e. The number of hydrogen-bond donors (Lipinski definition) is 2. The molecule has 148 valence electrons. The summed E-state index contributed by atoms with van der Waals surface area (Å²) in [6, 6.07) is 13.4. The molecule has 2 amide bonds. The molecule has 0 saturated heterocycles. The number of nitrogens with one attached hydrogen (secondary N) is 2. The van der Waals surface area contributed by atoms with Gasteiger partial charge in [-0.3, -0.25) is 0 Å². The Morgan fingerprint density at radius 3 is 2.83 bits per heavy atom. The predicted octanol–water partition coefficient (Wildman–Crippen LogP) is 3.70. The van der Waals surface area contributed by atoms with E-state index >= 15 is 0 Å². The van der Waals surface area contributed by atoms with Gasteiger partial charge in [0.2, 0.25) is 0 Å². The van der Waals surface area contributed by atoms with Gasteiger partial charge in [-0.15, -0.1) is 0 Å². The zero-order valence-electron chi connectivity index (χ0n) is 15.9. The third-order valence-electron chi connectivity index (χ3n) is 5.48. The number of ether oxygens (including phenoxy) is 2. The minimum Gasteiger partial charge on any atom is -0.486 e. The number of carbonyl (C=O) groups is 1. The molecule has 2 N–H and O–H groups in total. The third-order valence-corrected chi connectivity index (χ3v) is 5.48. The number of hydrogen-bond acceptors (Lipinski definition) is 4. The molecule has 5 rings (SSSR count). The first-order valence-corrected chi connectivity index (χ1v) is 9.80. The van der Waals surface area contributed by atoms with Gasteiger partial charge in [-0.1, -0.05) is 24.3 Å². The van der Waals surface area contributed by atoms with Crippen molar-refractivity contribution in [1.82, 2.24) is 14.9 Å². The van der Waals surface area contributed by atoms with Crippen LogP contribution < -0.4 is 20.1 Å². The predicted molar refractivity (Wildman–Crippen MR) is 108 cm³/mol. The zero-order chi connectivity index (χ0) is 19.6. The second kappa shape index (κ2) is 7.50. The van der Waals surface area contributed by atoms with Gasteiger partial charge >= 0.3 is 6.03 Å². The molecular formula is C22H22N4O3. The van der Waals surface area contributed by atoms with E-state index in [1.54, 1.807) is 12.3 Å². The number of amides is 2. The van der Waals surface area contributed by atoms with Gasteiger partial charge in [0.05, 0.1) is 18.4 Å². The number of aromatic nitrogens is 2. The molecule has 1 aliphatic heterocycles. The quantitative estimate of drug-likeness (QED) is 0.715. The fourth-order valence-electron chi connectivity index (χ4n) is 4.13. The van der Waals surface area contributed by atoms with Gasteiger partial charge in [0.1, 0.15) is 13.2 Å². The van der Waals surface area contributed by atoms with Crippen molar-refractivity contribution in [2.45, 2.75) is 24.9 Å². The summed E-state index contributed by atoms with van der Waals surface area (Å²) in [4.78, 5) is 17.0. The van der Waals surface area contributed by atoms with Gasteiger partial charge in [-0.05, 0) is 36.1 Å². The molecule has 7 nitrogen and oxygen atoms in total. The largest absolute Gasteiger partial charge is 0.486 e. The number of aryl methyl sites for hydroxylation is 1. The van der Waals surface area contributed by atoms with Crippen LogP contribution in [0.3, 0.4) is 0 Å². The first-order chi connectivity index (χ1) is 14.3. The van der Waals surface area contributed by atoms with Gasteiger partial charge in [-0.2, -0.15) is 0 Å². The lowest BCUT2D eigenvalue weighted by molar-refractivity contribution is 0.171. The highest BCUT2D eigenvalue weighted by atomic mass is 16.6. The lowest BCUT2D eigenvalue weighted by Gasteiger charge is -2.35. The maximum Gasteiger partial charge on any atom is 0.319 e. The highest BCUT2D eigenvalue weighted by Gasteiger charge is 2.31. The number of carbonyl (C=O) groups excluding carboxylic acids is 1. The molecule has 0 spiro atoms. The molecule has 2 aliphatic rings. The average molecular weight is 390 g/mol. The maximum absolute atomic E-state index is 12.9. The van der Waals surface area contributed by atoms with E-state index in [2.05, 4.69) is 32.3 Å². The molecule has 0 fully saturated rings. The fraction of sp³-hybridized carbons (Fsp3) is 0.273. The molecule has 0 bridgehead atoms. The van der Waals surface area contributed by atoms with Gasteiger partial charge < -0.3 is 24.7 Å². The molecule has 3 aromatic rings. The number of urea groups is 1. The molecular weight excluding hydrogens is 368 g/mol. The lowest BCUT2D eigenvalue weighted by Crippen LogP contribution is -2.39. The Morgan fingerprint density at radius 1 is 1.10 bits per heavy atom. The van der Waals surface area contributed by atoms with Crippen molar-refractivity contribution < 1.29 is 14.3 Å². The molecule has 0 radical (unpaired) electrons. The van der Waals surface area contributed by atoms with Crippen LogP contribution in [0.2, 0.25) is 0 Å². The molecule has 2 unspecified atom stereocenters. The van der Waals surface area contributed by atoms with E-state index in [1.165, 1.54) is 5.56 Å². The molecule has 2 heterocycles. The summed E-state index contributed by atoms with van der Waals surface area (Å²) in [6.45, 7) is 1.05. The Labute approximate surface area is 168 Å². The number of anilines is 1. The van der Waals surface area contributed by atoms with Gasteiger partial charge in [-0.25, -0.2) is 9.78 Å². The second-order valence-corrected chi connectivity index (χ2v) is 7.25. The van der Waals surface area contributed by atoms with Crippen molar-refractivity contribution in [1.29, 1.82) is 0 Å². The van der Waals surface area contributed by atoms with E-state index in [1.807, 2.05) is 36.8 Å². The number of fused-ring (bicyclic) bond motifs is 2. The summed E-state index contributed by atoms with van der Waals surface area (Å²) in [5.74, 6) is 1.34. The SMILES string of the molecule is O=C(Nc1ccc2c(c1)OCCO2)NC1c2ccccc2CCC1n1ccnc1. The topological polar surface area (TPSA) is 77.4 Å². The highest BCUT2D eigenvalue weighted by molar-refractivity contribution is 5.90. The standard InChI is InChI=1S/C22H22N4O3/c27-22(24-16-6-8-19-20(13-16)29-12-11-28-19)25-21-17-4-2-1-3-15(17)5-7-18(21)26-10-9-23-14-26/h1-4,6,8-10,13-14,18,21H,5,7,11-12H2,(H2,24,25,27). The van der Waals surface area contributed by atoms with E-state index in [9.17, 15) is 4.79 Å². The summed E-state index contributed by atoms with van der Waals surface area (Å²) in [6.07, 6.45) is 7.44. The van der Waals surface area contributed by atoms with Crippen LogP contribution in [-0.2, 0) is 6.42 Å². The molecule has 1 aliphatic carbocycles. The van der Waals surface area contributed by atoms with Crippen molar-refractivity contribution in [3.63, 3.8) is 0 Å². The molecule has 2 aromatic carbocycles. The number of rotatable bonds is 3. The van der Waals surface area contributed by atoms with E-state index in [4.69, 9.17) is 9.47 Å². The van der Waals surface area contributed by atoms with Gasteiger partial charge in [0.15, 0.2) is 11.5 Å². The van der Waals surface area contributed by atoms with E-state index < -0.39 is 0 Å². The average Bonchev–Trinajstić information content (AvgIpc) is 3.28. The van der Waals surface area contributed by atoms with Crippen molar-refractivity contribution in [2.24, 2.45) is 0 Å².